The molecule has 0 unspecified atom stereocenters. The van der Waals surface area contributed by atoms with Crippen molar-refractivity contribution in [1.29, 1.82) is 5.41 Å². The Balaban J connectivity index is 2.66. The van der Waals surface area contributed by atoms with Gasteiger partial charge in [0.25, 0.3) is 5.91 Å². The molecule has 0 saturated heterocycles. The molecule has 0 radical (unpaired) electrons. The molecule has 5 heteroatoms. The lowest BCUT2D eigenvalue weighted by Gasteiger charge is -2.06. The summed E-state index contributed by atoms with van der Waals surface area (Å²) in [5, 5.41) is 9.67. The quantitative estimate of drug-likeness (QED) is 0.483. The molecule has 0 aliphatic heterocycles. The van der Waals surface area contributed by atoms with Gasteiger partial charge in [0, 0.05) is 12.6 Å². The number of carbonyl (C=O) groups is 1. The van der Waals surface area contributed by atoms with Crippen LogP contribution in [0, 0.1) is 5.41 Å². The van der Waals surface area contributed by atoms with E-state index in [0.717, 1.165) is 0 Å². The summed E-state index contributed by atoms with van der Waals surface area (Å²) in [6.45, 7) is -0.0438. The third-order valence-electron chi connectivity index (χ3n) is 1.79. The maximum absolute atomic E-state index is 10.9. The minimum Gasteiger partial charge on any atom is -0.484 e. The summed E-state index contributed by atoms with van der Waals surface area (Å²) in [5.74, 6) is 0.287. The fourth-order valence-electron chi connectivity index (χ4n) is 0.974. The number of rotatable bonds is 4. The Kier molecular flexibility index (Phi) is 3.68. The second kappa shape index (κ2) is 4.99. The fourth-order valence-corrected chi connectivity index (χ4v) is 0.974. The first-order valence-corrected chi connectivity index (χ1v) is 4.41. The zero-order chi connectivity index (χ0) is 11.3. The number of amidine groups is 1. The maximum atomic E-state index is 10.9. The minimum absolute atomic E-state index is 0.0274. The van der Waals surface area contributed by atoms with E-state index in [-0.39, 0.29) is 18.3 Å². The molecule has 1 aromatic carbocycles. The number of carbonyl (C=O) groups excluding carboxylic acids is 1. The predicted octanol–water partition coefficient (Wildman–Crippen LogP) is 0.0955. The van der Waals surface area contributed by atoms with Crippen LogP contribution < -0.4 is 15.8 Å². The molecule has 0 atom stereocenters. The molecule has 0 fully saturated rings. The highest BCUT2D eigenvalue weighted by atomic mass is 16.5. The van der Waals surface area contributed by atoms with Crippen molar-refractivity contribution in [3.05, 3.63) is 29.8 Å². The third-order valence-corrected chi connectivity index (χ3v) is 1.79. The molecule has 1 amide bonds. The molecule has 1 rings (SSSR count). The highest BCUT2D eigenvalue weighted by Gasteiger charge is 2.01. The van der Waals surface area contributed by atoms with Gasteiger partial charge in [-0.2, -0.15) is 0 Å². The first kappa shape index (κ1) is 11.0. The first-order valence-electron chi connectivity index (χ1n) is 4.41. The molecular weight excluding hydrogens is 194 g/mol. The zero-order valence-corrected chi connectivity index (χ0v) is 8.41. The number of hydrogen-bond acceptors (Lipinski definition) is 3. The van der Waals surface area contributed by atoms with E-state index in [2.05, 4.69) is 5.32 Å². The molecule has 0 aromatic heterocycles. The molecule has 15 heavy (non-hydrogen) atoms. The Morgan fingerprint density at radius 2 is 2.33 bits per heavy atom. The monoisotopic (exact) mass is 207 g/mol. The molecule has 1 aromatic rings. The largest absolute Gasteiger partial charge is 0.484 e. The van der Waals surface area contributed by atoms with E-state index in [4.69, 9.17) is 15.9 Å². The van der Waals surface area contributed by atoms with Crippen molar-refractivity contribution in [1.82, 2.24) is 5.32 Å². The molecular formula is C10H13N3O2. The number of nitrogens with two attached hydrogens (primary N) is 1. The van der Waals surface area contributed by atoms with E-state index < -0.39 is 0 Å². The van der Waals surface area contributed by atoms with Crippen LogP contribution in [0.15, 0.2) is 24.3 Å². The van der Waals surface area contributed by atoms with Crippen molar-refractivity contribution < 1.29 is 9.53 Å². The van der Waals surface area contributed by atoms with Gasteiger partial charge in [-0.05, 0) is 12.1 Å². The highest BCUT2D eigenvalue weighted by Crippen LogP contribution is 2.12. The van der Waals surface area contributed by atoms with E-state index in [1.165, 1.54) is 7.05 Å². The van der Waals surface area contributed by atoms with Gasteiger partial charge in [0.05, 0.1) is 0 Å². The van der Waals surface area contributed by atoms with Crippen molar-refractivity contribution in [2.75, 3.05) is 13.7 Å². The van der Waals surface area contributed by atoms with E-state index in [0.29, 0.717) is 11.3 Å². The van der Waals surface area contributed by atoms with Crippen LogP contribution in [0.5, 0.6) is 5.75 Å². The van der Waals surface area contributed by atoms with Crippen LogP contribution in [0.1, 0.15) is 5.56 Å². The highest BCUT2D eigenvalue weighted by molar-refractivity contribution is 5.95. The molecule has 0 spiro atoms. The van der Waals surface area contributed by atoms with E-state index in [1.54, 1.807) is 24.3 Å². The second-order valence-electron chi connectivity index (χ2n) is 2.90. The number of nitrogens with one attached hydrogen (secondary N) is 2. The van der Waals surface area contributed by atoms with Gasteiger partial charge < -0.3 is 15.8 Å². The van der Waals surface area contributed by atoms with Crippen LogP contribution in [0.4, 0.5) is 0 Å². The Labute approximate surface area is 87.7 Å². The average molecular weight is 207 g/mol. The van der Waals surface area contributed by atoms with Crippen LogP contribution in [0.3, 0.4) is 0 Å². The molecule has 0 heterocycles. The standard InChI is InChI=1S/C10H13N3O2/c1-13-9(14)6-15-8-4-2-3-7(5-8)10(11)12/h2-5H,6H2,1H3,(H3,11,12)(H,13,14). The number of likely N-dealkylation sites (N-methyl/N-ethyl adjacent to an activating group) is 1. The predicted molar refractivity (Wildman–Crippen MR) is 57.0 cm³/mol. The van der Waals surface area contributed by atoms with Gasteiger partial charge >= 0.3 is 0 Å². The lowest BCUT2D eigenvalue weighted by molar-refractivity contribution is -0.122. The van der Waals surface area contributed by atoms with E-state index in [9.17, 15) is 4.79 Å². The normalized spacial score (nSPS) is 9.40. The molecule has 5 nitrogen and oxygen atoms in total. The molecule has 0 saturated carbocycles. The van der Waals surface area contributed by atoms with Crippen LogP contribution in [0.25, 0.3) is 0 Å². The third kappa shape index (κ3) is 3.30. The summed E-state index contributed by atoms with van der Waals surface area (Å²) in [7, 11) is 1.54. The smallest absolute Gasteiger partial charge is 0.257 e. The van der Waals surface area contributed by atoms with Crippen LogP contribution in [-0.4, -0.2) is 25.4 Å². The molecule has 80 valence electrons. The Hall–Kier alpha value is -2.04. The van der Waals surface area contributed by atoms with Crippen molar-refractivity contribution in [2.24, 2.45) is 5.73 Å². The number of amides is 1. The van der Waals surface area contributed by atoms with Gasteiger partial charge in [-0.3, -0.25) is 10.2 Å². The van der Waals surface area contributed by atoms with Gasteiger partial charge in [0.1, 0.15) is 11.6 Å². The number of ether oxygens (including phenoxy) is 1. The molecule has 0 aliphatic carbocycles. The molecule has 0 aliphatic rings. The maximum Gasteiger partial charge on any atom is 0.257 e. The van der Waals surface area contributed by atoms with Crippen molar-refractivity contribution in [3.8, 4) is 5.75 Å². The summed E-state index contributed by atoms with van der Waals surface area (Å²) >= 11 is 0. The minimum atomic E-state index is -0.205. The van der Waals surface area contributed by atoms with Crippen LogP contribution >= 0.6 is 0 Å². The summed E-state index contributed by atoms with van der Waals surface area (Å²) in [5.41, 5.74) is 5.89. The lowest BCUT2D eigenvalue weighted by Crippen LogP contribution is -2.24. The van der Waals surface area contributed by atoms with Crippen molar-refractivity contribution >= 4 is 11.7 Å². The van der Waals surface area contributed by atoms with Crippen molar-refractivity contribution in [2.45, 2.75) is 0 Å². The van der Waals surface area contributed by atoms with Gasteiger partial charge in [0.15, 0.2) is 6.61 Å². The van der Waals surface area contributed by atoms with Gasteiger partial charge in [-0.1, -0.05) is 12.1 Å². The Bertz CT molecular complexity index is 377. The number of hydrogen-bond donors (Lipinski definition) is 3. The van der Waals surface area contributed by atoms with Crippen molar-refractivity contribution in [3.63, 3.8) is 0 Å². The SMILES string of the molecule is CNC(=O)COc1cccc(C(=N)N)c1. The number of nitrogen functional groups attached to an aromatic ring is 1. The summed E-state index contributed by atoms with van der Waals surface area (Å²) < 4.78 is 5.19. The summed E-state index contributed by atoms with van der Waals surface area (Å²) in [4.78, 5) is 10.9. The Morgan fingerprint density at radius 3 is 2.93 bits per heavy atom. The van der Waals surface area contributed by atoms with E-state index in [1.807, 2.05) is 0 Å². The van der Waals surface area contributed by atoms with Gasteiger partial charge in [-0.25, -0.2) is 0 Å². The van der Waals surface area contributed by atoms with E-state index >= 15 is 0 Å². The van der Waals surface area contributed by atoms with Crippen LogP contribution in [0.2, 0.25) is 0 Å². The number of benzene rings is 1. The summed E-state index contributed by atoms with van der Waals surface area (Å²) in [6, 6.07) is 6.74. The zero-order valence-electron chi connectivity index (χ0n) is 8.41. The lowest BCUT2D eigenvalue weighted by atomic mass is 10.2. The topological polar surface area (TPSA) is 88.2 Å². The summed E-state index contributed by atoms with van der Waals surface area (Å²) in [6.07, 6.45) is 0. The van der Waals surface area contributed by atoms with Gasteiger partial charge in [0.2, 0.25) is 0 Å². The fraction of sp³-hybridized carbons (Fsp3) is 0.200. The molecule has 4 N–H and O–H groups in total. The second-order valence-corrected chi connectivity index (χ2v) is 2.90. The molecule has 0 bridgehead atoms. The first-order chi connectivity index (χ1) is 7.13. The average Bonchev–Trinajstić information content (AvgIpc) is 2.26. The van der Waals surface area contributed by atoms with Gasteiger partial charge in [-0.15, -0.1) is 0 Å². The Morgan fingerprint density at radius 1 is 1.60 bits per heavy atom. The van der Waals surface area contributed by atoms with Crippen LogP contribution in [-0.2, 0) is 4.79 Å².